The number of fused-ring (bicyclic) bond motifs is 2. The molecule has 0 bridgehead atoms. The Hall–Kier alpha value is -4.62. The summed E-state index contributed by atoms with van der Waals surface area (Å²) in [4.78, 5) is 31.4. The number of pyridine rings is 1. The van der Waals surface area contributed by atoms with E-state index < -0.39 is 33.7 Å². The third-order valence-electron chi connectivity index (χ3n) is 7.17. The smallest absolute Gasteiger partial charge is 0.338 e. The summed E-state index contributed by atoms with van der Waals surface area (Å²) < 4.78 is 61.8. The first-order chi connectivity index (χ1) is 19.9. The number of halogens is 2. The van der Waals surface area contributed by atoms with Gasteiger partial charge in [0.05, 0.1) is 23.9 Å². The number of ether oxygens (including phenoxy) is 1. The number of carbonyl (C=O) groups excluding carboxylic acids is 2. The van der Waals surface area contributed by atoms with Gasteiger partial charge < -0.3 is 14.7 Å². The molecule has 0 spiro atoms. The minimum Gasteiger partial charge on any atom is -0.505 e. The maximum Gasteiger partial charge on any atom is 0.338 e. The number of esters is 1. The molecule has 13 heteroatoms. The third kappa shape index (κ3) is 5.01. The van der Waals surface area contributed by atoms with Crippen LogP contribution in [0.1, 0.15) is 37.4 Å². The summed E-state index contributed by atoms with van der Waals surface area (Å²) >= 11 is 0. The third-order valence-corrected chi connectivity index (χ3v) is 8.96. The Morgan fingerprint density at radius 3 is 2.48 bits per heavy atom. The average Bonchev–Trinajstić information content (AvgIpc) is 3.29. The Balaban J connectivity index is 1.56. The van der Waals surface area contributed by atoms with Crippen LogP contribution >= 0.6 is 0 Å². The number of phenolic OH excluding ortho intramolecular Hbond substituents is 1. The minimum atomic E-state index is -4.33. The molecule has 0 atom stereocenters. The molecule has 0 saturated heterocycles. The van der Waals surface area contributed by atoms with Crippen molar-refractivity contribution >= 4 is 38.7 Å². The van der Waals surface area contributed by atoms with Gasteiger partial charge in [0.2, 0.25) is 0 Å². The first-order valence-electron chi connectivity index (χ1n) is 12.7. The first-order valence-corrected chi connectivity index (χ1v) is 14.1. The van der Waals surface area contributed by atoms with E-state index in [-0.39, 0.29) is 58.8 Å². The predicted octanol–water partition coefficient (Wildman–Crippen LogP) is 3.97. The summed E-state index contributed by atoms with van der Waals surface area (Å²) in [6.07, 6.45) is 1.41. The molecule has 4 aromatic rings. The van der Waals surface area contributed by atoms with Gasteiger partial charge in [0.25, 0.3) is 5.91 Å². The van der Waals surface area contributed by atoms with Crippen LogP contribution in [0.3, 0.4) is 0 Å². The van der Waals surface area contributed by atoms with Crippen LogP contribution in [0.5, 0.6) is 5.75 Å². The van der Waals surface area contributed by atoms with Crippen LogP contribution in [0.25, 0.3) is 10.9 Å². The van der Waals surface area contributed by atoms with Crippen molar-refractivity contribution in [3.63, 3.8) is 0 Å². The highest BCUT2D eigenvalue weighted by molar-refractivity contribution is 7.90. The standard InChI is InChI=1S/C29H26F2N4O6S/c1-33(15-18-8-11-20(31)13-22(18)29(38)41-3)42(39,40)34(2)26-21-5-4-12-32-25(21)27(36)24-23(26)16-35(28(24)37)14-17-6-9-19(30)10-7-17/h4-13,36H,14-16H2,1-3H3. The monoisotopic (exact) mass is 596 g/mol. The number of amides is 1. The highest BCUT2D eigenvalue weighted by atomic mass is 32.2. The summed E-state index contributed by atoms with van der Waals surface area (Å²) in [5.41, 5.74) is 1.11. The lowest BCUT2D eigenvalue weighted by atomic mass is 10.0. The van der Waals surface area contributed by atoms with Gasteiger partial charge in [-0.15, -0.1) is 0 Å². The van der Waals surface area contributed by atoms with E-state index in [0.717, 1.165) is 27.9 Å². The van der Waals surface area contributed by atoms with Crippen molar-refractivity contribution in [2.45, 2.75) is 19.6 Å². The molecule has 3 aromatic carbocycles. The van der Waals surface area contributed by atoms with Crippen molar-refractivity contribution in [2.24, 2.45) is 0 Å². The molecular formula is C29H26F2N4O6S. The van der Waals surface area contributed by atoms with E-state index in [2.05, 4.69) is 4.98 Å². The number of hydrogen-bond acceptors (Lipinski definition) is 7. The Labute approximate surface area is 240 Å². The molecule has 1 aliphatic rings. The fourth-order valence-electron chi connectivity index (χ4n) is 5.06. The highest BCUT2D eigenvalue weighted by Gasteiger charge is 2.38. The molecule has 1 N–H and O–H groups in total. The lowest BCUT2D eigenvalue weighted by molar-refractivity contribution is 0.0598. The number of nitrogens with zero attached hydrogens (tertiary/aromatic N) is 4. The van der Waals surface area contributed by atoms with Gasteiger partial charge >= 0.3 is 16.2 Å². The number of methoxy groups -OCH3 is 1. The highest BCUT2D eigenvalue weighted by Crippen LogP contribution is 2.44. The molecule has 218 valence electrons. The zero-order valence-electron chi connectivity index (χ0n) is 22.8. The SMILES string of the molecule is COC(=O)c1cc(F)ccc1CN(C)S(=O)(=O)N(C)c1c2c(c(O)c3ncccc13)C(=O)N(Cc1ccc(F)cc1)C2. The van der Waals surface area contributed by atoms with Crippen molar-refractivity contribution in [3.05, 3.63) is 100 Å². The van der Waals surface area contributed by atoms with Gasteiger partial charge in [-0.2, -0.15) is 12.7 Å². The number of carbonyl (C=O) groups is 2. The van der Waals surface area contributed by atoms with Crippen LogP contribution in [0.4, 0.5) is 14.5 Å². The number of hydrogen-bond donors (Lipinski definition) is 1. The quantitative estimate of drug-likeness (QED) is 0.306. The minimum absolute atomic E-state index is 0.0344. The van der Waals surface area contributed by atoms with Crippen molar-refractivity contribution in [3.8, 4) is 5.75 Å². The molecule has 0 radical (unpaired) electrons. The van der Waals surface area contributed by atoms with Gasteiger partial charge in [-0.1, -0.05) is 18.2 Å². The van der Waals surface area contributed by atoms with Gasteiger partial charge in [0.15, 0.2) is 5.75 Å². The summed E-state index contributed by atoms with van der Waals surface area (Å²) in [7, 11) is -0.594. The van der Waals surface area contributed by atoms with Gasteiger partial charge in [-0.05, 0) is 47.5 Å². The van der Waals surface area contributed by atoms with Gasteiger partial charge in [0.1, 0.15) is 17.2 Å². The Morgan fingerprint density at radius 2 is 1.79 bits per heavy atom. The lowest BCUT2D eigenvalue weighted by Crippen LogP contribution is -2.40. The maximum atomic E-state index is 13.9. The van der Waals surface area contributed by atoms with Gasteiger partial charge in [-0.3, -0.25) is 14.1 Å². The van der Waals surface area contributed by atoms with Crippen LogP contribution in [-0.2, 0) is 34.6 Å². The van der Waals surface area contributed by atoms with Crippen LogP contribution in [0.2, 0.25) is 0 Å². The lowest BCUT2D eigenvalue weighted by Gasteiger charge is -2.29. The Morgan fingerprint density at radius 1 is 1.10 bits per heavy atom. The number of anilines is 1. The maximum absolute atomic E-state index is 13.9. The second kappa shape index (κ2) is 11.0. The Kier molecular flexibility index (Phi) is 7.56. The second-order valence-corrected chi connectivity index (χ2v) is 11.8. The fourth-order valence-corrected chi connectivity index (χ4v) is 6.22. The summed E-state index contributed by atoms with van der Waals surface area (Å²) in [5, 5.41) is 11.4. The molecule has 1 amide bonds. The van der Waals surface area contributed by atoms with Crippen molar-refractivity contribution < 1.29 is 36.6 Å². The zero-order chi connectivity index (χ0) is 30.3. The van der Waals surface area contributed by atoms with Crippen LogP contribution in [0, 0.1) is 11.6 Å². The average molecular weight is 597 g/mol. The molecular weight excluding hydrogens is 570 g/mol. The van der Waals surface area contributed by atoms with Gasteiger partial charge in [-0.25, -0.2) is 13.6 Å². The molecule has 10 nitrogen and oxygen atoms in total. The van der Waals surface area contributed by atoms with Crippen molar-refractivity contribution in [1.29, 1.82) is 0 Å². The van der Waals surface area contributed by atoms with Gasteiger partial charge in [0, 0.05) is 50.9 Å². The van der Waals surface area contributed by atoms with E-state index in [9.17, 15) is 31.9 Å². The fraction of sp³-hybridized carbons (Fsp3) is 0.207. The normalized spacial score (nSPS) is 13.1. The van der Waals surface area contributed by atoms with Crippen LogP contribution in [-0.4, -0.2) is 60.8 Å². The molecule has 0 saturated carbocycles. The second-order valence-electron chi connectivity index (χ2n) is 9.76. The topological polar surface area (TPSA) is 120 Å². The van der Waals surface area contributed by atoms with Crippen molar-refractivity contribution in [1.82, 2.24) is 14.2 Å². The van der Waals surface area contributed by atoms with E-state index in [4.69, 9.17) is 4.74 Å². The van der Waals surface area contributed by atoms with E-state index in [1.807, 2.05) is 0 Å². The summed E-state index contributed by atoms with van der Waals surface area (Å²) in [5.74, 6) is -2.84. The molecule has 0 fully saturated rings. The van der Waals surface area contributed by atoms with E-state index in [1.54, 1.807) is 12.1 Å². The zero-order valence-corrected chi connectivity index (χ0v) is 23.7. The molecule has 5 rings (SSSR count). The van der Waals surface area contributed by atoms with Crippen LogP contribution in [0.15, 0.2) is 60.8 Å². The molecule has 1 aromatic heterocycles. The van der Waals surface area contributed by atoms with E-state index in [1.165, 1.54) is 55.5 Å². The van der Waals surface area contributed by atoms with E-state index in [0.29, 0.717) is 10.9 Å². The van der Waals surface area contributed by atoms with Crippen LogP contribution < -0.4 is 4.31 Å². The number of benzene rings is 3. The first kappa shape index (κ1) is 28.9. The molecule has 42 heavy (non-hydrogen) atoms. The number of aromatic nitrogens is 1. The molecule has 1 aliphatic heterocycles. The number of rotatable bonds is 8. The summed E-state index contributed by atoms with van der Waals surface area (Å²) in [6, 6.07) is 12.2. The predicted molar refractivity (Wildman–Crippen MR) is 150 cm³/mol. The molecule has 0 unspecified atom stereocenters. The largest absolute Gasteiger partial charge is 0.505 e. The molecule has 2 heterocycles. The van der Waals surface area contributed by atoms with Crippen molar-refractivity contribution in [2.75, 3.05) is 25.5 Å². The van der Waals surface area contributed by atoms with E-state index >= 15 is 0 Å². The summed E-state index contributed by atoms with van der Waals surface area (Å²) in [6.45, 7) is -0.246. The number of aromatic hydroxyl groups is 1. The number of phenols is 1. The Bertz CT molecular complexity index is 1830. The molecule has 0 aliphatic carbocycles.